The quantitative estimate of drug-likeness (QED) is 0.388. The number of rotatable bonds is 0. The Balaban J connectivity index is 0. The summed E-state index contributed by atoms with van der Waals surface area (Å²) in [5.41, 5.74) is 0. The van der Waals surface area contributed by atoms with Gasteiger partial charge in [0.15, 0.2) is 0 Å². The first kappa shape index (κ1) is 9.12. The predicted molar refractivity (Wildman–Crippen MR) is 24.5 cm³/mol. The summed E-state index contributed by atoms with van der Waals surface area (Å²) < 4.78 is 0. The third kappa shape index (κ3) is 95.9. The van der Waals surface area contributed by atoms with Crippen LogP contribution >= 0.6 is 0 Å². The van der Waals surface area contributed by atoms with Crippen molar-refractivity contribution < 1.29 is 5.11 Å². The molecule has 1 N–H and O–H groups in total. The van der Waals surface area contributed by atoms with Gasteiger partial charge in [0.1, 0.15) is 0 Å². The molecule has 0 spiro atoms. The minimum absolute atomic E-state index is 0. The van der Waals surface area contributed by atoms with Gasteiger partial charge < -0.3 is 5.11 Å². The van der Waals surface area contributed by atoms with E-state index in [9.17, 15) is 0 Å². The molecule has 5 heavy (non-hydrogen) atoms. The molecule has 0 saturated heterocycles. The van der Waals surface area contributed by atoms with E-state index >= 15 is 0 Å². The van der Waals surface area contributed by atoms with Gasteiger partial charge in [0.25, 0.3) is 0 Å². The summed E-state index contributed by atoms with van der Waals surface area (Å²) in [5, 5.41) is 8.06. The zero-order valence-electron chi connectivity index (χ0n) is 3.02. The summed E-state index contributed by atoms with van der Waals surface area (Å²) in [5.74, 6) is 0. The molecule has 0 aromatic heterocycles. The molecule has 0 radical (unpaired) electrons. The van der Waals surface area contributed by atoms with Gasteiger partial charge in [-0.15, -0.1) is 0 Å². The summed E-state index contributed by atoms with van der Waals surface area (Å²) in [6.07, 6.45) is -0.167. The second kappa shape index (κ2) is 4.56. The monoisotopic (exact) mass is 68.1 g/mol. The van der Waals surface area contributed by atoms with Crippen LogP contribution in [0.5, 0.6) is 0 Å². The number of hydrogen-bond acceptors (Lipinski definition) is 1. The molecule has 0 atom stereocenters. The molecule has 28 valence electrons. The van der Waals surface area contributed by atoms with Gasteiger partial charge in [0.2, 0.25) is 0 Å². The third-order valence-corrected chi connectivity index (χ3v) is 0. The topological polar surface area (TPSA) is 20.2 Å². The van der Waals surface area contributed by atoms with E-state index in [1.807, 2.05) is 0 Å². The molecule has 0 bridgehead atoms. The summed E-state index contributed by atoms with van der Waals surface area (Å²) in [7, 11) is 0. The van der Waals surface area contributed by atoms with Crippen LogP contribution in [0.4, 0.5) is 0 Å². The van der Waals surface area contributed by atoms with Crippen LogP contribution in [0.15, 0.2) is 0 Å². The van der Waals surface area contributed by atoms with Crippen molar-refractivity contribution >= 4 is 18.9 Å². The van der Waals surface area contributed by atoms with Crippen LogP contribution in [-0.2, 0) is 0 Å². The van der Waals surface area contributed by atoms with Crippen LogP contribution < -0.4 is 0 Å². The van der Waals surface area contributed by atoms with E-state index in [4.69, 9.17) is 5.11 Å². The SMILES string of the molecule is CC(C)O.[LiH]. The van der Waals surface area contributed by atoms with Gasteiger partial charge in [0, 0.05) is 6.10 Å². The molecule has 0 fully saturated rings. The Hall–Kier alpha value is 0.557. The molecular weight excluding hydrogens is 59.0 g/mol. The average Bonchev–Trinajstić information content (AvgIpc) is 0.811. The van der Waals surface area contributed by atoms with Gasteiger partial charge in [-0.25, -0.2) is 0 Å². The van der Waals surface area contributed by atoms with Gasteiger partial charge in [-0.1, -0.05) is 0 Å². The number of aliphatic hydroxyl groups is 1. The maximum absolute atomic E-state index is 8.06. The Bertz CT molecular complexity index is 11.6. The maximum atomic E-state index is 8.06. The first-order chi connectivity index (χ1) is 1.73. The van der Waals surface area contributed by atoms with Gasteiger partial charge >= 0.3 is 18.9 Å². The van der Waals surface area contributed by atoms with Crippen molar-refractivity contribution in [3.8, 4) is 0 Å². The molecule has 0 heterocycles. The van der Waals surface area contributed by atoms with E-state index in [-0.39, 0.29) is 25.0 Å². The predicted octanol–water partition coefficient (Wildman–Crippen LogP) is -0.261. The van der Waals surface area contributed by atoms with Crippen molar-refractivity contribution in [2.24, 2.45) is 0 Å². The van der Waals surface area contributed by atoms with Crippen LogP contribution in [0.25, 0.3) is 0 Å². The first-order valence-corrected chi connectivity index (χ1v) is 1.41. The van der Waals surface area contributed by atoms with Crippen LogP contribution in [0.2, 0.25) is 0 Å². The molecule has 0 aliphatic heterocycles. The molecule has 0 aliphatic carbocycles. The molecule has 0 unspecified atom stereocenters. The van der Waals surface area contributed by atoms with E-state index in [1.54, 1.807) is 13.8 Å². The van der Waals surface area contributed by atoms with Crippen LogP contribution in [0.1, 0.15) is 13.8 Å². The standard InChI is InChI=1S/C3H8O.Li.H/c1-3(2)4;;/h3-4H,1-2H3;;. The second-order valence-electron chi connectivity index (χ2n) is 1.09. The molecule has 0 saturated carbocycles. The van der Waals surface area contributed by atoms with E-state index in [1.165, 1.54) is 0 Å². The Kier molecular flexibility index (Phi) is 8.31. The first-order valence-electron chi connectivity index (χ1n) is 1.41. The van der Waals surface area contributed by atoms with E-state index in [0.29, 0.717) is 0 Å². The Morgan fingerprint density at radius 1 is 1.40 bits per heavy atom. The van der Waals surface area contributed by atoms with E-state index in [0.717, 1.165) is 0 Å². The van der Waals surface area contributed by atoms with Crippen molar-refractivity contribution in [2.75, 3.05) is 0 Å². The zero-order chi connectivity index (χ0) is 3.58. The van der Waals surface area contributed by atoms with Crippen molar-refractivity contribution in [2.45, 2.75) is 20.0 Å². The fraction of sp³-hybridized carbons (Fsp3) is 1.00. The van der Waals surface area contributed by atoms with Gasteiger partial charge in [-0.3, -0.25) is 0 Å². The molecule has 0 amide bonds. The minimum atomic E-state index is -0.167. The van der Waals surface area contributed by atoms with Crippen molar-refractivity contribution in [3.63, 3.8) is 0 Å². The number of hydrogen-bond donors (Lipinski definition) is 1. The summed E-state index contributed by atoms with van der Waals surface area (Å²) in [6, 6.07) is 0. The van der Waals surface area contributed by atoms with Crippen molar-refractivity contribution in [1.29, 1.82) is 0 Å². The Morgan fingerprint density at radius 3 is 1.40 bits per heavy atom. The Labute approximate surface area is 44.6 Å². The van der Waals surface area contributed by atoms with Crippen molar-refractivity contribution in [3.05, 3.63) is 0 Å². The molecule has 0 rings (SSSR count). The molecule has 1 nitrogen and oxygen atoms in total. The molecule has 0 aromatic rings. The molecular formula is C3H9LiO. The van der Waals surface area contributed by atoms with E-state index in [2.05, 4.69) is 0 Å². The third-order valence-electron chi connectivity index (χ3n) is 0. The zero-order valence-corrected chi connectivity index (χ0v) is 3.02. The average molecular weight is 68.0 g/mol. The molecule has 0 aliphatic rings. The van der Waals surface area contributed by atoms with Crippen molar-refractivity contribution in [1.82, 2.24) is 0 Å². The summed E-state index contributed by atoms with van der Waals surface area (Å²) in [6.45, 7) is 3.44. The summed E-state index contributed by atoms with van der Waals surface area (Å²) >= 11 is 0. The number of aliphatic hydroxyl groups excluding tert-OH is 1. The van der Waals surface area contributed by atoms with E-state index < -0.39 is 0 Å². The van der Waals surface area contributed by atoms with Gasteiger partial charge in [-0.05, 0) is 13.8 Å². The normalized spacial score (nSPS) is 7.20. The van der Waals surface area contributed by atoms with Crippen LogP contribution in [0, 0.1) is 0 Å². The molecule has 2 heteroatoms. The van der Waals surface area contributed by atoms with Gasteiger partial charge in [0.05, 0.1) is 0 Å². The second-order valence-corrected chi connectivity index (χ2v) is 1.09. The summed E-state index contributed by atoms with van der Waals surface area (Å²) in [4.78, 5) is 0. The fourth-order valence-corrected chi connectivity index (χ4v) is 0. The fourth-order valence-electron chi connectivity index (χ4n) is 0. The molecule has 0 aromatic carbocycles. The van der Waals surface area contributed by atoms with Crippen LogP contribution in [0.3, 0.4) is 0 Å². The Morgan fingerprint density at radius 2 is 1.40 bits per heavy atom. The van der Waals surface area contributed by atoms with Gasteiger partial charge in [-0.2, -0.15) is 0 Å². The van der Waals surface area contributed by atoms with Crippen LogP contribution in [-0.4, -0.2) is 30.1 Å².